The lowest BCUT2D eigenvalue weighted by Crippen LogP contribution is -2.29. The number of hydrogen-bond acceptors (Lipinski definition) is 3. The lowest BCUT2D eigenvalue weighted by Gasteiger charge is -2.30. The molecule has 0 heterocycles. The fraction of sp³-hybridized carbons (Fsp3) is 0.588. The summed E-state index contributed by atoms with van der Waals surface area (Å²) < 4.78 is 4.90. The second-order valence-electron chi connectivity index (χ2n) is 5.42. The van der Waals surface area contributed by atoms with Crippen LogP contribution in [0.5, 0.6) is 0 Å². The fourth-order valence-corrected chi connectivity index (χ4v) is 2.75. The molecule has 0 aliphatic heterocycles. The predicted octanol–water partition coefficient (Wildman–Crippen LogP) is 3.04. The van der Waals surface area contributed by atoms with Gasteiger partial charge in [-0.2, -0.15) is 0 Å². The number of carbonyl (C=O) groups excluding carboxylic acids is 1. The highest BCUT2D eigenvalue weighted by Crippen LogP contribution is 2.33. The van der Waals surface area contributed by atoms with E-state index in [1.807, 2.05) is 6.92 Å². The van der Waals surface area contributed by atoms with Gasteiger partial charge in [0.25, 0.3) is 0 Å². The molecule has 1 unspecified atom stereocenters. The third kappa shape index (κ3) is 4.34. The van der Waals surface area contributed by atoms with Gasteiger partial charge in [-0.05, 0) is 43.9 Å². The van der Waals surface area contributed by atoms with Crippen LogP contribution >= 0.6 is 0 Å². The highest BCUT2D eigenvalue weighted by Gasteiger charge is 2.24. The molecule has 1 N–H and O–H groups in total. The molecular weight excluding hydrogens is 250 g/mol. The molecule has 2 rings (SSSR count). The molecule has 0 radical (unpaired) electrons. The quantitative estimate of drug-likeness (QED) is 0.556. The molecule has 1 aliphatic rings. The van der Waals surface area contributed by atoms with Crippen molar-refractivity contribution in [3.63, 3.8) is 0 Å². The van der Waals surface area contributed by atoms with E-state index in [1.54, 1.807) is 0 Å². The topological polar surface area (TPSA) is 38.3 Å². The zero-order valence-corrected chi connectivity index (χ0v) is 12.4. The average molecular weight is 275 g/mol. The lowest BCUT2D eigenvalue weighted by atomic mass is 9.77. The molecular formula is C17H25NO2. The van der Waals surface area contributed by atoms with Gasteiger partial charge in [0.1, 0.15) is 0 Å². The standard InChI is InChI=1S/C17H25NO2/c1-2-20-17(19)10-4-3-7-11-18-13-15-12-14-8-5-6-9-16(14)15/h5-6,8-9,15,18H,2-4,7,10-13H2,1H3. The van der Waals surface area contributed by atoms with Gasteiger partial charge in [0.2, 0.25) is 0 Å². The highest BCUT2D eigenvalue weighted by molar-refractivity contribution is 5.69. The molecule has 1 aliphatic carbocycles. The maximum Gasteiger partial charge on any atom is 0.305 e. The van der Waals surface area contributed by atoms with Crippen molar-refractivity contribution >= 4 is 5.97 Å². The first kappa shape index (κ1) is 15.0. The van der Waals surface area contributed by atoms with Crippen molar-refractivity contribution in [2.75, 3.05) is 19.7 Å². The Morgan fingerprint density at radius 3 is 2.95 bits per heavy atom. The van der Waals surface area contributed by atoms with Crippen LogP contribution in [-0.4, -0.2) is 25.7 Å². The zero-order valence-electron chi connectivity index (χ0n) is 12.4. The Morgan fingerprint density at radius 2 is 2.15 bits per heavy atom. The van der Waals surface area contributed by atoms with Crippen LogP contribution in [0.2, 0.25) is 0 Å². The van der Waals surface area contributed by atoms with Gasteiger partial charge in [-0.25, -0.2) is 0 Å². The molecule has 1 atom stereocenters. The van der Waals surface area contributed by atoms with Gasteiger partial charge >= 0.3 is 5.97 Å². The number of hydrogen-bond donors (Lipinski definition) is 1. The SMILES string of the molecule is CCOC(=O)CCCCCNCC1Cc2ccccc21. The molecule has 0 spiro atoms. The summed E-state index contributed by atoms with van der Waals surface area (Å²) in [6, 6.07) is 8.71. The minimum absolute atomic E-state index is 0.0634. The van der Waals surface area contributed by atoms with Gasteiger partial charge in [0, 0.05) is 18.9 Å². The van der Waals surface area contributed by atoms with Crippen LogP contribution in [0.25, 0.3) is 0 Å². The van der Waals surface area contributed by atoms with Crippen LogP contribution < -0.4 is 5.32 Å². The third-order valence-electron chi connectivity index (χ3n) is 3.89. The summed E-state index contributed by atoms with van der Waals surface area (Å²) in [7, 11) is 0. The summed E-state index contributed by atoms with van der Waals surface area (Å²) in [4.78, 5) is 11.1. The van der Waals surface area contributed by atoms with E-state index in [0.717, 1.165) is 32.4 Å². The van der Waals surface area contributed by atoms with E-state index >= 15 is 0 Å². The smallest absolute Gasteiger partial charge is 0.305 e. The Balaban J connectivity index is 1.46. The monoisotopic (exact) mass is 275 g/mol. The van der Waals surface area contributed by atoms with Gasteiger partial charge < -0.3 is 10.1 Å². The van der Waals surface area contributed by atoms with Crippen molar-refractivity contribution in [2.45, 2.75) is 44.9 Å². The van der Waals surface area contributed by atoms with Gasteiger partial charge in [-0.15, -0.1) is 0 Å². The Morgan fingerprint density at radius 1 is 1.30 bits per heavy atom. The summed E-state index contributed by atoms with van der Waals surface area (Å²) in [5.74, 6) is 0.636. The first-order chi connectivity index (χ1) is 9.81. The number of rotatable bonds is 9. The summed E-state index contributed by atoms with van der Waals surface area (Å²) in [6.45, 7) is 4.46. The molecule has 0 saturated carbocycles. The van der Waals surface area contributed by atoms with Gasteiger partial charge in [-0.3, -0.25) is 4.79 Å². The van der Waals surface area contributed by atoms with Crippen LogP contribution in [0.15, 0.2) is 24.3 Å². The normalized spacial score (nSPS) is 16.4. The second kappa shape index (κ2) is 8.05. The van der Waals surface area contributed by atoms with Gasteiger partial charge in [0.15, 0.2) is 0 Å². The van der Waals surface area contributed by atoms with Gasteiger partial charge in [-0.1, -0.05) is 30.7 Å². The molecule has 0 bridgehead atoms. The first-order valence-electron chi connectivity index (χ1n) is 7.75. The van der Waals surface area contributed by atoms with Crippen molar-refractivity contribution < 1.29 is 9.53 Å². The van der Waals surface area contributed by atoms with E-state index in [-0.39, 0.29) is 5.97 Å². The minimum Gasteiger partial charge on any atom is -0.466 e. The summed E-state index contributed by atoms with van der Waals surface area (Å²) in [6.07, 6.45) is 4.93. The number of benzene rings is 1. The van der Waals surface area contributed by atoms with Crippen LogP contribution in [0.3, 0.4) is 0 Å². The van der Waals surface area contributed by atoms with E-state index in [0.29, 0.717) is 18.9 Å². The number of nitrogens with one attached hydrogen (secondary N) is 1. The summed E-state index contributed by atoms with van der Waals surface area (Å²) in [5, 5.41) is 3.53. The Hall–Kier alpha value is -1.35. The molecule has 1 aromatic carbocycles. The Bertz CT molecular complexity index is 431. The molecule has 0 fully saturated rings. The van der Waals surface area contributed by atoms with Crippen LogP contribution in [0.1, 0.15) is 49.7 Å². The van der Waals surface area contributed by atoms with E-state index < -0.39 is 0 Å². The van der Waals surface area contributed by atoms with E-state index in [4.69, 9.17) is 4.74 Å². The number of fused-ring (bicyclic) bond motifs is 1. The van der Waals surface area contributed by atoms with Crippen LogP contribution in [0.4, 0.5) is 0 Å². The molecule has 0 saturated heterocycles. The van der Waals surface area contributed by atoms with Crippen LogP contribution in [-0.2, 0) is 16.0 Å². The number of ether oxygens (including phenoxy) is 1. The first-order valence-corrected chi connectivity index (χ1v) is 7.75. The van der Waals surface area contributed by atoms with Crippen molar-refractivity contribution in [3.8, 4) is 0 Å². The van der Waals surface area contributed by atoms with Crippen molar-refractivity contribution in [1.82, 2.24) is 5.32 Å². The predicted molar refractivity (Wildman–Crippen MR) is 80.9 cm³/mol. The molecule has 0 aromatic heterocycles. The maximum atomic E-state index is 11.1. The number of esters is 1. The zero-order chi connectivity index (χ0) is 14.2. The number of unbranched alkanes of at least 4 members (excludes halogenated alkanes) is 2. The lowest BCUT2D eigenvalue weighted by molar-refractivity contribution is -0.143. The molecule has 110 valence electrons. The van der Waals surface area contributed by atoms with E-state index in [9.17, 15) is 4.79 Å². The van der Waals surface area contributed by atoms with Crippen LogP contribution in [0, 0.1) is 0 Å². The van der Waals surface area contributed by atoms with Crippen molar-refractivity contribution in [1.29, 1.82) is 0 Å². The summed E-state index contributed by atoms with van der Waals surface area (Å²) >= 11 is 0. The second-order valence-corrected chi connectivity index (χ2v) is 5.42. The van der Waals surface area contributed by atoms with E-state index in [1.165, 1.54) is 17.5 Å². The molecule has 3 heteroatoms. The molecule has 0 amide bonds. The number of carbonyl (C=O) groups is 1. The maximum absolute atomic E-state index is 11.1. The summed E-state index contributed by atoms with van der Waals surface area (Å²) in [5.41, 5.74) is 3.02. The Labute approximate surface area is 121 Å². The van der Waals surface area contributed by atoms with Crippen molar-refractivity contribution in [2.24, 2.45) is 0 Å². The molecule has 20 heavy (non-hydrogen) atoms. The molecule has 1 aromatic rings. The van der Waals surface area contributed by atoms with Gasteiger partial charge in [0.05, 0.1) is 6.61 Å². The van der Waals surface area contributed by atoms with Crippen molar-refractivity contribution in [3.05, 3.63) is 35.4 Å². The average Bonchev–Trinajstić information content (AvgIpc) is 2.42. The minimum atomic E-state index is -0.0634. The largest absolute Gasteiger partial charge is 0.466 e. The molecule has 3 nitrogen and oxygen atoms in total. The highest BCUT2D eigenvalue weighted by atomic mass is 16.5. The van der Waals surface area contributed by atoms with E-state index in [2.05, 4.69) is 29.6 Å². The fourth-order valence-electron chi connectivity index (χ4n) is 2.75. The third-order valence-corrected chi connectivity index (χ3v) is 3.89. The Kier molecular flexibility index (Phi) is 6.06.